The minimum absolute atomic E-state index is 0.160. The van der Waals surface area contributed by atoms with E-state index in [1.54, 1.807) is 12.4 Å². The van der Waals surface area contributed by atoms with E-state index >= 15 is 0 Å². The predicted molar refractivity (Wildman–Crippen MR) is 71.8 cm³/mol. The van der Waals surface area contributed by atoms with Crippen LogP contribution in [0.2, 0.25) is 0 Å². The van der Waals surface area contributed by atoms with E-state index in [4.69, 9.17) is 4.74 Å². The van der Waals surface area contributed by atoms with Crippen LogP contribution in [0.4, 0.5) is 0 Å². The second-order valence-corrected chi connectivity index (χ2v) is 4.13. The van der Waals surface area contributed by atoms with Gasteiger partial charge in [0.15, 0.2) is 5.78 Å². The summed E-state index contributed by atoms with van der Waals surface area (Å²) in [5.41, 5.74) is 0.761. The van der Waals surface area contributed by atoms with Crippen molar-refractivity contribution in [3.8, 4) is 0 Å². The Hall–Kier alpha value is -1.74. The molecule has 0 unspecified atom stereocenters. The maximum absolute atomic E-state index is 12.1. The smallest absolute Gasteiger partial charge is 0.163 e. The molecule has 3 heteroatoms. The molecule has 0 radical (unpaired) electrons. The highest BCUT2D eigenvalue weighted by molar-refractivity contribution is 6.07. The number of ketones is 1. The summed E-state index contributed by atoms with van der Waals surface area (Å²) in [6.07, 6.45) is 4.79. The first-order valence-electron chi connectivity index (χ1n) is 6.26. The molecule has 0 aliphatic rings. The Bertz CT molecular complexity index is 532. The zero-order chi connectivity index (χ0) is 12.8. The van der Waals surface area contributed by atoms with Crippen LogP contribution in [-0.2, 0) is 4.74 Å². The molecule has 0 amide bonds. The maximum Gasteiger partial charge on any atom is 0.163 e. The number of rotatable bonds is 6. The van der Waals surface area contributed by atoms with Gasteiger partial charge in [0.05, 0.1) is 0 Å². The third kappa shape index (κ3) is 2.93. The summed E-state index contributed by atoms with van der Waals surface area (Å²) >= 11 is 0. The predicted octanol–water partition coefficient (Wildman–Crippen LogP) is 3.23. The summed E-state index contributed by atoms with van der Waals surface area (Å²) in [5.74, 6) is 0.160. The van der Waals surface area contributed by atoms with Crippen molar-refractivity contribution in [2.75, 3.05) is 13.2 Å². The molecule has 18 heavy (non-hydrogen) atoms. The zero-order valence-electron chi connectivity index (χ0n) is 10.6. The topological polar surface area (TPSA) is 39.2 Å². The van der Waals surface area contributed by atoms with E-state index < -0.39 is 0 Å². The summed E-state index contributed by atoms with van der Waals surface area (Å²) in [6, 6.07) is 7.70. The Morgan fingerprint density at radius 2 is 2.22 bits per heavy atom. The number of carbonyl (C=O) groups excluding carboxylic acids is 1. The molecular formula is C15H17NO2. The van der Waals surface area contributed by atoms with E-state index in [0.717, 1.165) is 22.8 Å². The Balaban J connectivity index is 2.13. The van der Waals surface area contributed by atoms with Gasteiger partial charge in [-0.15, -0.1) is 0 Å². The van der Waals surface area contributed by atoms with Gasteiger partial charge in [0.1, 0.15) is 0 Å². The van der Waals surface area contributed by atoms with Crippen LogP contribution in [0, 0.1) is 0 Å². The van der Waals surface area contributed by atoms with Gasteiger partial charge in [-0.1, -0.05) is 18.2 Å². The van der Waals surface area contributed by atoms with E-state index in [2.05, 4.69) is 4.98 Å². The zero-order valence-corrected chi connectivity index (χ0v) is 10.6. The quantitative estimate of drug-likeness (QED) is 0.577. The molecule has 0 bridgehead atoms. The molecule has 0 aliphatic heterocycles. The fourth-order valence-corrected chi connectivity index (χ4v) is 1.97. The van der Waals surface area contributed by atoms with Crippen LogP contribution in [0.25, 0.3) is 10.8 Å². The molecule has 3 nitrogen and oxygen atoms in total. The molecule has 1 aromatic carbocycles. The fourth-order valence-electron chi connectivity index (χ4n) is 1.97. The average molecular weight is 243 g/mol. The first kappa shape index (κ1) is 12.7. The van der Waals surface area contributed by atoms with E-state index in [1.807, 2.05) is 31.2 Å². The largest absolute Gasteiger partial charge is 0.382 e. The van der Waals surface area contributed by atoms with E-state index in [-0.39, 0.29) is 5.78 Å². The Morgan fingerprint density at radius 3 is 3.06 bits per heavy atom. The monoisotopic (exact) mass is 243 g/mol. The lowest BCUT2D eigenvalue weighted by molar-refractivity contribution is 0.0948. The first-order chi connectivity index (χ1) is 8.83. The van der Waals surface area contributed by atoms with Crippen LogP contribution < -0.4 is 0 Å². The summed E-state index contributed by atoms with van der Waals surface area (Å²) in [7, 11) is 0. The summed E-state index contributed by atoms with van der Waals surface area (Å²) < 4.78 is 5.24. The van der Waals surface area contributed by atoms with Gasteiger partial charge in [-0.25, -0.2) is 0 Å². The average Bonchev–Trinajstić information content (AvgIpc) is 2.43. The van der Waals surface area contributed by atoms with Crippen molar-refractivity contribution in [1.82, 2.24) is 4.98 Å². The molecule has 0 fully saturated rings. The molecular weight excluding hydrogens is 226 g/mol. The molecule has 0 spiro atoms. The molecule has 1 heterocycles. The van der Waals surface area contributed by atoms with Gasteiger partial charge in [0.25, 0.3) is 0 Å². The summed E-state index contributed by atoms with van der Waals surface area (Å²) in [4.78, 5) is 16.2. The van der Waals surface area contributed by atoms with Gasteiger partial charge in [-0.2, -0.15) is 0 Å². The number of benzene rings is 1. The highest BCUT2D eigenvalue weighted by atomic mass is 16.5. The van der Waals surface area contributed by atoms with Crippen LogP contribution in [0.3, 0.4) is 0 Å². The van der Waals surface area contributed by atoms with Crippen LogP contribution in [0.15, 0.2) is 36.7 Å². The lowest BCUT2D eigenvalue weighted by Crippen LogP contribution is -2.03. The van der Waals surface area contributed by atoms with Crippen molar-refractivity contribution < 1.29 is 9.53 Å². The van der Waals surface area contributed by atoms with E-state index in [9.17, 15) is 4.79 Å². The molecule has 0 saturated heterocycles. The van der Waals surface area contributed by atoms with Gasteiger partial charge < -0.3 is 4.74 Å². The van der Waals surface area contributed by atoms with Gasteiger partial charge >= 0.3 is 0 Å². The first-order valence-corrected chi connectivity index (χ1v) is 6.26. The van der Waals surface area contributed by atoms with E-state index in [1.165, 1.54) is 0 Å². The highest BCUT2D eigenvalue weighted by Gasteiger charge is 2.09. The molecule has 0 saturated carbocycles. The number of ether oxygens (including phenoxy) is 1. The number of hydrogen-bond donors (Lipinski definition) is 0. The lowest BCUT2D eigenvalue weighted by Gasteiger charge is -2.05. The van der Waals surface area contributed by atoms with Crippen LogP contribution >= 0.6 is 0 Å². The van der Waals surface area contributed by atoms with Gasteiger partial charge in [0.2, 0.25) is 0 Å². The maximum atomic E-state index is 12.1. The molecule has 2 rings (SSSR count). The van der Waals surface area contributed by atoms with Crippen LogP contribution in [-0.4, -0.2) is 24.0 Å². The number of fused-ring (bicyclic) bond motifs is 1. The molecule has 0 atom stereocenters. The van der Waals surface area contributed by atoms with E-state index in [0.29, 0.717) is 19.6 Å². The van der Waals surface area contributed by atoms with Crippen LogP contribution in [0.5, 0.6) is 0 Å². The second-order valence-electron chi connectivity index (χ2n) is 4.13. The highest BCUT2D eigenvalue weighted by Crippen LogP contribution is 2.19. The molecule has 0 aliphatic carbocycles. The minimum atomic E-state index is 0.160. The van der Waals surface area contributed by atoms with Crippen molar-refractivity contribution >= 4 is 16.6 Å². The van der Waals surface area contributed by atoms with Crippen molar-refractivity contribution in [3.05, 3.63) is 42.2 Å². The number of nitrogens with zero attached hydrogens (tertiary/aromatic N) is 1. The molecule has 94 valence electrons. The minimum Gasteiger partial charge on any atom is -0.382 e. The lowest BCUT2D eigenvalue weighted by atomic mass is 10.0. The fraction of sp³-hybridized carbons (Fsp3) is 0.333. The normalized spacial score (nSPS) is 10.7. The van der Waals surface area contributed by atoms with Crippen molar-refractivity contribution in [1.29, 1.82) is 0 Å². The molecule has 0 N–H and O–H groups in total. The number of Topliss-reactive ketones (excluding diaryl/α,β-unsaturated/α-hetero) is 1. The molecule has 1 aromatic heterocycles. The van der Waals surface area contributed by atoms with Gasteiger partial charge in [0, 0.05) is 43.0 Å². The standard InChI is InChI=1S/C15H17NO2/c1-2-18-10-4-7-15(17)13-6-3-5-12-8-9-16-11-14(12)13/h3,5-6,8-9,11H,2,4,7,10H2,1H3. The second kappa shape index (κ2) is 6.26. The third-order valence-electron chi connectivity index (χ3n) is 2.88. The number of carbonyl (C=O) groups is 1. The van der Waals surface area contributed by atoms with Crippen molar-refractivity contribution in [2.24, 2.45) is 0 Å². The van der Waals surface area contributed by atoms with Gasteiger partial charge in [-0.3, -0.25) is 9.78 Å². The number of pyridine rings is 1. The Kier molecular flexibility index (Phi) is 4.42. The Labute approximate surface area is 107 Å². The van der Waals surface area contributed by atoms with Crippen molar-refractivity contribution in [3.63, 3.8) is 0 Å². The van der Waals surface area contributed by atoms with Crippen LogP contribution in [0.1, 0.15) is 30.1 Å². The van der Waals surface area contributed by atoms with Gasteiger partial charge in [-0.05, 0) is 24.8 Å². The number of aromatic nitrogens is 1. The van der Waals surface area contributed by atoms with Crippen molar-refractivity contribution in [2.45, 2.75) is 19.8 Å². The SMILES string of the molecule is CCOCCCC(=O)c1cccc2ccncc12. The summed E-state index contributed by atoms with van der Waals surface area (Å²) in [6.45, 7) is 3.30. The summed E-state index contributed by atoms with van der Waals surface area (Å²) in [5, 5.41) is 1.99. The Morgan fingerprint density at radius 1 is 1.33 bits per heavy atom. The molecule has 2 aromatic rings. The number of hydrogen-bond acceptors (Lipinski definition) is 3. The third-order valence-corrected chi connectivity index (χ3v) is 2.88.